The summed E-state index contributed by atoms with van der Waals surface area (Å²) in [6.07, 6.45) is 0.944. The van der Waals surface area contributed by atoms with Crippen molar-refractivity contribution in [3.8, 4) is 0 Å². The largest absolute Gasteiger partial charge is 0.395 e. The van der Waals surface area contributed by atoms with E-state index in [0.717, 1.165) is 13.0 Å². The number of aliphatic hydroxyl groups is 1. The summed E-state index contributed by atoms with van der Waals surface area (Å²) >= 11 is 0. The number of urea groups is 1. The highest BCUT2D eigenvalue weighted by molar-refractivity contribution is 5.96. The number of rotatable bonds is 3. The van der Waals surface area contributed by atoms with Crippen LogP contribution in [-0.4, -0.2) is 47.2 Å². The number of hydrogen-bond acceptors (Lipinski definition) is 4. The van der Waals surface area contributed by atoms with Gasteiger partial charge in [-0.2, -0.15) is 0 Å². The molecule has 6 heteroatoms. The van der Waals surface area contributed by atoms with Gasteiger partial charge in [0.1, 0.15) is 0 Å². The molecule has 3 unspecified atom stereocenters. The van der Waals surface area contributed by atoms with Gasteiger partial charge in [0.2, 0.25) is 5.91 Å². The second-order valence-corrected chi connectivity index (χ2v) is 4.28. The van der Waals surface area contributed by atoms with Gasteiger partial charge < -0.3 is 10.8 Å². The number of likely N-dealkylation sites (tertiary alicyclic amines) is 1. The minimum absolute atomic E-state index is 0.0198. The Bertz CT molecular complexity index is 282. The fourth-order valence-corrected chi connectivity index (χ4v) is 2.18. The predicted molar refractivity (Wildman–Crippen MR) is 58.5 cm³/mol. The summed E-state index contributed by atoms with van der Waals surface area (Å²) in [5, 5.41) is 11.3. The van der Waals surface area contributed by atoms with E-state index in [1.54, 1.807) is 6.92 Å². The first-order chi connectivity index (χ1) is 7.47. The quantitative estimate of drug-likeness (QED) is 0.594. The van der Waals surface area contributed by atoms with E-state index in [-0.39, 0.29) is 12.6 Å². The maximum absolute atomic E-state index is 11.6. The summed E-state index contributed by atoms with van der Waals surface area (Å²) in [5.74, 6) is -0.0612. The first-order valence-corrected chi connectivity index (χ1v) is 5.44. The van der Waals surface area contributed by atoms with Gasteiger partial charge in [0.15, 0.2) is 0 Å². The third kappa shape index (κ3) is 2.70. The number of amides is 3. The Balaban J connectivity index is 2.62. The third-order valence-electron chi connectivity index (χ3n) is 3.24. The molecule has 4 N–H and O–H groups in total. The Morgan fingerprint density at radius 1 is 1.62 bits per heavy atom. The lowest BCUT2D eigenvalue weighted by Gasteiger charge is -2.29. The number of imide groups is 1. The van der Waals surface area contributed by atoms with Crippen molar-refractivity contribution < 1.29 is 14.7 Å². The van der Waals surface area contributed by atoms with E-state index in [4.69, 9.17) is 5.73 Å². The number of primary amides is 1. The van der Waals surface area contributed by atoms with Crippen LogP contribution in [0.15, 0.2) is 0 Å². The highest BCUT2D eigenvalue weighted by Crippen LogP contribution is 2.25. The topological polar surface area (TPSA) is 95.7 Å². The molecule has 6 nitrogen and oxygen atoms in total. The summed E-state index contributed by atoms with van der Waals surface area (Å²) in [4.78, 5) is 24.0. The van der Waals surface area contributed by atoms with Gasteiger partial charge in [0.05, 0.1) is 12.6 Å². The monoisotopic (exact) mass is 229 g/mol. The maximum Gasteiger partial charge on any atom is 0.318 e. The molecule has 0 aromatic carbocycles. The van der Waals surface area contributed by atoms with Crippen molar-refractivity contribution >= 4 is 11.9 Å². The number of nitrogens with two attached hydrogens (primary N) is 1. The molecule has 0 bridgehead atoms. The van der Waals surface area contributed by atoms with Gasteiger partial charge in [-0.15, -0.1) is 0 Å². The molecular weight excluding hydrogens is 210 g/mol. The first-order valence-electron chi connectivity index (χ1n) is 5.44. The van der Waals surface area contributed by atoms with Gasteiger partial charge in [-0.05, 0) is 25.8 Å². The number of carbonyl (C=O) groups is 2. The van der Waals surface area contributed by atoms with Gasteiger partial charge >= 0.3 is 6.03 Å². The number of nitrogens with zero attached hydrogens (tertiary/aromatic N) is 1. The number of aliphatic hydroxyl groups excluding tert-OH is 1. The molecule has 1 fully saturated rings. The molecule has 0 saturated carbocycles. The fourth-order valence-electron chi connectivity index (χ4n) is 2.18. The summed E-state index contributed by atoms with van der Waals surface area (Å²) in [7, 11) is 0. The Morgan fingerprint density at radius 3 is 2.75 bits per heavy atom. The zero-order chi connectivity index (χ0) is 12.3. The highest BCUT2D eigenvalue weighted by Gasteiger charge is 2.36. The Morgan fingerprint density at radius 2 is 2.25 bits per heavy atom. The molecule has 0 aromatic rings. The Hall–Kier alpha value is -1.14. The van der Waals surface area contributed by atoms with Gasteiger partial charge in [-0.3, -0.25) is 15.0 Å². The van der Waals surface area contributed by atoms with Gasteiger partial charge in [-0.1, -0.05) is 6.92 Å². The van der Waals surface area contributed by atoms with Gasteiger partial charge in [0, 0.05) is 6.04 Å². The van der Waals surface area contributed by atoms with Crippen LogP contribution in [0.1, 0.15) is 20.3 Å². The van der Waals surface area contributed by atoms with E-state index in [1.165, 1.54) is 0 Å². The lowest BCUT2D eigenvalue weighted by Crippen LogP contribution is -2.51. The second kappa shape index (κ2) is 5.27. The van der Waals surface area contributed by atoms with Crippen LogP contribution >= 0.6 is 0 Å². The van der Waals surface area contributed by atoms with E-state index >= 15 is 0 Å². The van der Waals surface area contributed by atoms with E-state index in [0.29, 0.717) is 5.92 Å². The summed E-state index contributed by atoms with van der Waals surface area (Å²) in [5.41, 5.74) is 4.89. The molecule has 3 atom stereocenters. The summed E-state index contributed by atoms with van der Waals surface area (Å²) in [6.45, 7) is 4.52. The smallest absolute Gasteiger partial charge is 0.318 e. The van der Waals surface area contributed by atoms with Crippen molar-refractivity contribution in [1.29, 1.82) is 0 Å². The van der Waals surface area contributed by atoms with Gasteiger partial charge in [-0.25, -0.2) is 4.79 Å². The van der Waals surface area contributed by atoms with Crippen LogP contribution in [0, 0.1) is 5.92 Å². The average molecular weight is 229 g/mol. The lowest BCUT2D eigenvalue weighted by molar-refractivity contribution is -0.125. The Labute approximate surface area is 94.8 Å². The molecule has 1 aliphatic rings. The fraction of sp³-hybridized carbons (Fsp3) is 0.800. The Kier molecular flexibility index (Phi) is 4.26. The number of hydrogen-bond donors (Lipinski definition) is 3. The zero-order valence-corrected chi connectivity index (χ0v) is 9.64. The van der Waals surface area contributed by atoms with Crippen LogP contribution in [0.5, 0.6) is 0 Å². The molecule has 92 valence electrons. The van der Waals surface area contributed by atoms with Crippen molar-refractivity contribution in [2.24, 2.45) is 11.7 Å². The molecule has 3 amide bonds. The standard InChI is InChI=1S/C10H19N3O3/c1-6-3-4-13(8(6)5-14)7(2)9(15)12-10(11)16/h6-8,14H,3-5H2,1-2H3,(H3,11,12,15,16). The molecule has 0 radical (unpaired) electrons. The summed E-state index contributed by atoms with van der Waals surface area (Å²) < 4.78 is 0. The van der Waals surface area contributed by atoms with E-state index in [2.05, 4.69) is 5.32 Å². The van der Waals surface area contributed by atoms with E-state index in [1.807, 2.05) is 11.8 Å². The normalized spacial score (nSPS) is 27.7. The maximum atomic E-state index is 11.6. The van der Waals surface area contributed by atoms with Crippen LogP contribution in [-0.2, 0) is 4.79 Å². The molecule has 1 aliphatic heterocycles. The molecule has 1 saturated heterocycles. The van der Waals surface area contributed by atoms with Gasteiger partial charge in [0.25, 0.3) is 0 Å². The van der Waals surface area contributed by atoms with E-state index < -0.39 is 18.0 Å². The van der Waals surface area contributed by atoms with Crippen molar-refractivity contribution in [3.05, 3.63) is 0 Å². The van der Waals surface area contributed by atoms with Crippen molar-refractivity contribution in [1.82, 2.24) is 10.2 Å². The summed E-state index contributed by atoms with van der Waals surface area (Å²) in [6, 6.07) is -1.31. The molecule has 1 heterocycles. The van der Waals surface area contributed by atoms with Crippen LogP contribution in [0.25, 0.3) is 0 Å². The van der Waals surface area contributed by atoms with Crippen LogP contribution in [0.3, 0.4) is 0 Å². The second-order valence-electron chi connectivity index (χ2n) is 4.28. The third-order valence-corrected chi connectivity index (χ3v) is 3.24. The molecular formula is C10H19N3O3. The molecule has 16 heavy (non-hydrogen) atoms. The molecule has 0 aromatic heterocycles. The minimum atomic E-state index is -0.843. The van der Waals surface area contributed by atoms with Crippen molar-refractivity contribution in [2.45, 2.75) is 32.4 Å². The van der Waals surface area contributed by atoms with Crippen LogP contribution < -0.4 is 11.1 Å². The first kappa shape index (κ1) is 12.9. The number of nitrogens with one attached hydrogen (secondary N) is 1. The average Bonchev–Trinajstić information content (AvgIpc) is 2.57. The van der Waals surface area contributed by atoms with Crippen LogP contribution in [0.2, 0.25) is 0 Å². The number of carbonyl (C=O) groups excluding carboxylic acids is 2. The van der Waals surface area contributed by atoms with Crippen molar-refractivity contribution in [2.75, 3.05) is 13.2 Å². The predicted octanol–water partition coefficient (Wildman–Crippen LogP) is -0.727. The van der Waals surface area contributed by atoms with E-state index in [9.17, 15) is 14.7 Å². The molecule has 1 rings (SSSR count). The zero-order valence-electron chi connectivity index (χ0n) is 9.64. The van der Waals surface area contributed by atoms with Crippen LogP contribution in [0.4, 0.5) is 4.79 Å². The SMILES string of the molecule is CC1CCN(C(C)C(=O)NC(N)=O)C1CO. The highest BCUT2D eigenvalue weighted by atomic mass is 16.3. The molecule has 0 aliphatic carbocycles. The lowest BCUT2D eigenvalue weighted by atomic mass is 10.0. The molecule has 0 spiro atoms. The van der Waals surface area contributed by atoms with Crippen molar-refractivity contribution in [3.63, 3.8) is 0 Å². The minimum Gasteiger partial charge on any atom is -0.395 e.